The van der Waals surface area contributed by atoms with Gasteiger partial charge in [-0.05, 0) is 53.8 Å². The highest BCUT2D eigenvalue weighted by Gasteiger charge is 2.32. The largest absolute Gasteiger partial charge is 0.383 e. The Labute approximate surface area is 195 Å². The van der Waals surface area contributed by atoms with E-state index < -0.39 is 17.9 Å². The molecule has 3 aromatic rings. The Morgan fingerprint density at radius 3 is 2.67 bits per heavy atom. The van der Waals surface area contributed by atoms with E-state index in [0.29, 0.717) is 12.1 Å². The fraction of sp³-hybridized carbons (Fsp3) is 0.240. The van der Waals surface area contributed by atoms with Crippen molar-refractivity contribution in [3.8, 4) is 0 Å². The molecule has 3 N–H and O–H groups in total. The third-order valence-corrected chi connectivity index (χ3v) is 7.10. The van der Waals surface area contributed by atoms with Crippen molar-refractivity contribution < 1.29 is 19.5 Å². The maximum atomic E-state index is 12.4. The van der Waals surface area contributed by atoms with Crippen molar-refractivity contribution >= 4 is 40.4 Å². The second kappa shape index (κ2) is 8.80. The van der Waals surface area contributed by atoms with E-state index >= 15 is 0 Å². The number of carbonyl (C=O) groups excluding carboxylic acids is 3. The van der Waals surface area contributed by atoms with E-state index in [1.54, 1.807) is 6.07 Å². The summed E-state index contributed by atoms with van der Waals surface area (Å²) in [5, 5.41) is 15.8. The number of aryl methyl sites for hydroxylation is 1. The lowest BCUT2D eigenvalue weighted by molar-refractivity contribution is -0.136. The lowest BCUT2D eigenvalue weighted by atomic mass is 9.99. The number of anilines is 2. The third-order valence-electron chi connectivity index (χ3n) is 5.96. The molecule has 0 aliphatic carbocycles. The number of nitrogens with zero attached hydrogens (tertiary/aromatic N) is 1. The summed E-state index contributed by atoms with van der Waals surface area (Å²) in [5.74, 6) is -1.40. The smallest absolute Gasteiger partial charge is 0.313 e. The minimum atomic E-state index is -0.750. The summed E-state index contributed by atoms with van der Waals surface area (Å²) >= 11 is 1.39. The predicted molar refractivity (Wildman–Crippen MR) is 126 cm³/mol. The Balaban J connectivity index is 1.20. The highest BCUT2D eigenvalue weighted by atomic mass is 32.1. The number of benzene rings is 2. The molecule has 2 aliphatic rings. The first-order chi connectivity index (χ1) is 16.0. The molecule has 0 fully saturated rings. The molecular weight excluding hydrogens is 438 g/mol. The van der Waals surface area contributed by atoms with Gasteiger partial charge >= 0.3 is 11.8 Å². The summed E-state index contributed by atoms with van der Waals surface area (Å²) in [6, 6.07) is 16.6. The number of hydrogen-bond acceptors (Lipinski definition) is 5. The van der Waals surface area contributed by atoms with Crippen LogP contribution in [0.15, 0.2) is 54.6 Å². The topological polar surface area (TPSA) is 98.7 Å². The Kier molecular flexibility index (Phi) is 5.70. The normalized spacial score (nSPS) is 15.2. The molecule has 3 heterocycles. The van der Waals surface area contributed by atoms with Crippen LogP contribution in [-0.2, 0) is 33.8 Å². The van der Waals surface area contributed by atoms with Gasteiger partial charge in [0.2, 0.25) is 5.91 Å². The van der Waals surface area contributed by atoms with Crippen LogP contribution in [0.4, 0.5) is 11.4 Å². The molecule has 3 amide bonds. The van der Waals surface area contributed by atoms with Gasteiger partial charge in [-0.2, -0.15) is 0 Å². The number of aliphatic hydroxyl groups is 1. The second-order valence-corrected chi connectivity index (χ2v) is 9.42. The summed E-state index contributed by atoms with van der Waals surface area (Å²) in [6.07, 6.45) is 1.33. The Morgan fingerprint density at radius 2 is 1.85 bits per heavy atom. The maximum Gasteiger partial charge on any atom is 0.313 e. The molecule has 0 bridgehead atoms. The number of amides is 3. The molecule has 0 radical (unpaired) electrons. The van der Waals surface area contributed by atoms with E-state index in [9.17, 15) is 19.5 Å². The lowest BCUT2D eigenvalue weighted by Gasteiger charge is -2.26. The molecule has 5 rings (SSSR count). The standard InChI is InChI=1S/C25H23N3O4S/c29-21-13-17-12-18(11-16-7-4-10-28(21)22(16)17)27-25(32)24(31)26-14-19-8-9-20(33-19)23(30)15-5-2-1-3-6-15/h1-3,5-6,8-9,11-12,23,30H,4,7,10,13-14H2,(H,26,31)(H,27,32). The van der Waals surface area contributed by atoms with Crippen LogP contribution in [0.1, 0.15) is 39.0 Å². The van der Waals surface area contributed by atoms with Crippen LogP contribution in [0, 0.1) is 0 Å². The molecule has 1 unspecified atom stereocenters. The van der Waals surface area contributed by atoms with E-state index in [-0.39, 0.29) is 12.5 Å². The fourth-order valence-corrected chi connectivity index (χ4v) is 5.39. The van der Waals surface area contributed by atoms with Gasteiger partial charge < -0.3 is 20.6 Å². The van der Waals surface area contributed by atoms with Gasteiger partial charge in [-0.15, -0.1) is 11.3 Å². The summed E-state index contributed by atoms with van der Waals surface area (Å²) in [5.41, 5.74) is 4.23. The summed E-state index contributed by atoms with van der Waals surface area (Å²) in [6.45, 7) is 0.928. The molecule has 0 saturated heterocycles. The maximum absolute atomic E-state index is 12.4. The molecule has 2 aromatic carbocycles. The lowest BCUT2D eigenvalue weighted by Crippen LogP contribution is -2.35. The van der Waals surface area contributed by atoms with Crippen LogP contribution < -0.4 is 15.5 Å². The van der Waals surface area contributed by atoms with Crippen LogP contribution in [-0.4, -0.2) is 29.4 Å². The molecular formula is C25H23N3O4S. The van der Waals surface area contributed by atoms with Crippen LogP contribution >= 0.6 is 11.3 Å². The van der Waals surface area contributed by atoms with E-state index in [1.165, 1.54) is 11.3 Å². The first kappa shape index (κ1) is 21.4. The van der Waals surface area contributed by atoms with Gasteiger partial charge in [0.25, 0.3) is 0 Å². The Morgan fingerprint density at radius 1 is 1.06 bits per heavy atom. The number of nitrogens with one attached hydrogen (secondary N) is 2. The number of hydrogen-bond donors (Lipinski definition) is 3. The number of thiophene rings is 1. The van der Waals surface area contributed by atoms with Crippen molar-refractivity contribution in [2.45, 2.75) is 31.9 Å². The molecule has 8 heteroatoms. The predicted octanol–water partition coefficient (Wildman–Crippen LogP) is 2.92. The zero-order valence-electron chi connectivity index (χ0n) is 17.8. The minimum absolute atomic E-state index is 0.0832. The van der Waals surface area contributed by atoms with Crippen molar-refractivity contribution in [3.05, 3.63) is 81.0 Å². The molecule has 168 valence electrons. The van der Waals surface area contributed by atoms with Crippen molar-refractivity contribution in [1.82, 2.24) is 5.32 Å². The van der Waals surface area contributed by atoms with Gasteiger partial charge in [-0.3, -0.25) is 14.4 Å². The number of aliphatic hydroxyl groups excluding tert-OH is 1. The van der Waals surface area contributed by atoms with E-state index in [1.807, 2.05) is 53.4 Å². The van der Waals surface area contributed by atoms with Crippen LogP contribution in [0.5, 0.6) is 0 Å². The molecule has 0 spiro atoms. The van der Waals surface area contributed by atoms with Gasteiger partial charge in [0.05, 0.1) is 18.7 Å². The van der Waals surface area contributed by atoms with Crippen molar-refractivity contribution in [1.29, 1.82) is 0 Å². The monoisotopic (exact) mass is 461 g/mol. The molecule has 2 aliphatic heterocycles. The van der Waals surface area contributed by atoms with E-state index in [4.69, 9.17) is 0 Å². The van der Waals surface area contributed by atoms with Gasteiger partial charge in [0.15, 0.2) is 0 Å². The highest BCUT2D eigenvalue weighted by Crippen LogP contribution is 2.38. The second-order valence-electron chi connectivity index (χ2n) is 8.22. The Bertz CT molecular complexity index is 1240. The van der Waals surface area contributed by atoms with Crippen molar-refractivity contribution in [2.75, 3.05) is 16.8 Å². The van der Waals surface area contributed by atoms with E-state index in [0.717, 1.165) is 51.5 Å². The quantitative estimate of drug-likeness (QED) is 0.509. The molecule has 1 aromatic heterocycles. The van der Waals surface area contributed by atoms with E-state index in [2.05, 4.69) is 10.6 Å². The van der Waals surface area contributed by atoms with Crippen molar-refractivity contribution in [2.24, 2.45) is 0 Å². The van der Waals surface area contributed by atoms with Crippen molar-refractivity contribution in [3.63, 3.8) is 0 Å². The first-order valence-corrected chi connectivity index (χ1v) is 11.7. The summed E-state index contributed by atoms with van der Waals surface area (Å²) in [7, 11) is 0. The van der Waals surface area contributed by atoms with Gasteiger partial charge in [0.1, 0.15) is 6.10 Å². The average Bonchev–Trinajstić information content (AvgIpc) is 3.43. The molecule has 33 heavy (non-hydrogen) atoms. The number of rotatable bonds is 5. The third kappa shape index (κ3) is 4.27. The molecule has 7 nitrogen and oxygen atoms in total. The molecule has 1 atom stereocenters. The fourth-order valence-electron chi connectivity index (χ4n) is 4.42. The summed E-state index contributed by atoms with van der Waals surface area (Å²) < 4.78 is 0. The summed E-state index contributed by atoms with van der Waals surface area (Å²) in [4.78, 5) is 40.4. The minimum Gasteiger partial charge on any atom is -0.383 e. The number of carbonyl (C=O) groups is 3. The highest BCUT2D eigenvalue weighted by molar-refractivity contribution is 7.12. The SMILES string of the molecule is O=C(NCc1ccc(C(O)c2ccccc2)s1)C(=O)Nc1cc2c3c(c1)CC(=O)N3CCC2. The zero-order chi connectivity index (χ0) is 22.9. The zero-order valence-corrected chi connectivity index (χ0v) is 18.7. The van der Waals surface area contributed by atoms with Gasteiger partial charge in [-0.25, -0.2) is 0 Å². The van der Waals surface area contributed by atoms with Crippen LogP contribution in [0.3, 0.4) is 0 Å². The molecule has 0 saturated carbocycles. The van der Waals surface area contributed by atoms with Crippen LogP contribution in [0.2, 0.25) is 0 Å². The first-order valence-electron chi connectivity index (χ1n) is 10.9. The Hall–Kier alpha value is -3.49. The average molecular weight is 462 g/mol. The van der Waals surface area contributed by atoms with Gasteiger partial charge in [0, 0.05) is 22.0 Å². The van der Waals surface area contributed by atoms with Crippen LogP contribution in [0.25, 0.3) is 0 Å². The van der Waals surface area contributed by atoms with Gasteiger partial charge in [-0.1, -0.05) is 30.3 Å².